The van der Waals surface area contributed by atoms with E-state index >= 15 is 0 Å². The summed E-state index contributed by atoms with van der Waals surface area (Å²) >= 11 is 0. The second-order valence-electron chi connectivity index (χ2n) is 7.26. The molecule has 2 rings (SSSR count). The van der Waals surface area contributed by atoms with E-state index in [1.54, 1.807) is 0 Å². The molecule has 0 aromatic heterocycles. The van der Waals surface area contributed by atoms with Crippen LogP contribution in [-0.4, -0.2) is 42.1 Å². The molecule has 0 radical (unpaired) electrons. The largest absolute Gasteiger partial charge is 0.361 e. The van der Waals surface area contributed by atoms with E-state index in [9.17, 15) is 4.79 Å². The number of hydrogen-bond donors (Lipinski definition) is 1. The summed E-state index contributed by atoms with van der Waals surface area (Å²) in [6, 6.07) is 0. The zero-order valence-electron chi connectivity index (χ0n) is 13.9. The Balaban J connectivity index is 1.91. The molecule has 4 nitrogen and oxygen atoms in total. The highest BCUT2D eigenvalue weighted by Crippen LogP contribution is 2.38. The van der Waals surface area contributed by atoms with Gasteiger partial charge in [0.2, 0.25) is 0 Å². The molecular formula is C17H32N2O2. The minimum absolute atomic E-state index is 0.145. The molecule has 4 heteroatoms. The average molecular weight is 296 g/mol. The van der Waals surface area contributed by atoms with E-state index in [-0.39, 0.29) is 17.6 Å². The predicted octanol–water partition coefficient (Wildman–Crippen LogP) is 2.56. The fraction of sp³-hybridized carbons (Fsp3) is 0.941. The zero-order valence-corrected chi connectivity index (χ0v) is 13.9. The molecule has 21 heavy (non-hydrogen) atoms. The molecule has 1 aliphatic carbocycles. The second-order valence-corrected chi connectivity index (χ2v) is 7.26. The lowest BCUT2D eigenvalue weighted by Gasteiger charge is -2.42. The van der Waals surface area contributed by atoms with Gasteiger partial charge in [0, 0.05) is 19.6 Å². The molecular weight excluding hydrogens is 264 g/mol. The monoisotopic (exact) mass is 296 g/mol. The fourth-order valence-electron chi connectivity index (χ4n) is 3.82. The molecule has 1 atom stereocenters. The Morgan fingerprint density at radius 1 is 1.24 bits per heavy atom. The Morgan fingerprint density at radius 2 is 1.81 bits per heavy atom. The first-order valence-electron chi connectivity index (χ1n) is 8.64. The van der Waals surface area contributed by atoms with Crippen molar-refractivity contribution in [3.63, 3.8) is 0 Å². The molecule has 1 heterocycles. The van der Waals surface area contributed by atoms with E-state index < -0.39 is 0 Å². The normalized spacial score (nSPS) is 31.7. The van der Waals surface area contributed by atoms with Crippen LogP contribution in [0.25, 0.3) is 0 Å². The maximum atomic E-state index is 12.4. The third-order valence-corrected chi connectivity index (χ3v) is 5.45. The maximum Gasteiger partial charge on any atom is 0.251 e. The summed E-state index contributed by atoms with van der Waals surface area (Å²) in [5.74, 6) is 1.65. The number of amides is 1. The van der Waals surface area contributed by atoms with Crippen molar-refractivity contribution in [2.75, 3.05) is 19.6 Å². The van der Waals surface area contributed by atoms with Gasteiger partial charge in [-0.1, -0.05) is 13.8 Å². The summed E-state index contributed by atoms with van der Waals surface area (Å²) in [4.78, 5) is 14.3. The van der Waals surface area contributed by atoms with Crippen LogP contribution in [0.15, 0.2) is 0 Å². The first-order valence-corrected chi connectivity index (χ1v) is 8.64. The molecule has 1 saturated carbocycles. The Hall–Kier alpha value is -0.610. The number of nitrogens with zero attached hydrogens (tertiary/aromatic N) is 1. The molecule has 1 saturated heterocycles. The van der Waals surface area contributed by atoms with Crippen LogP contribution in [0.1, 0.15) is 59.3 Å². The lowest BCUT2D eigenvalue weighted by atomic mass is 9.74. The SMILES string of the molecule is CC(OC1(CN)CCC(C(C)C)CC1)C(=O)N1CCCC1. The van der Waals surface area contributed by atoms with Gasteiger partial charge < -0.3 is 15.4 Å². The van der Waals surface area contributed by atoms with E-state index in [4.69, 9.17) is 10.5 Å². The van der Waals surface area contributed by atoms with Crippen molar-refractivity contribution in [1.29, 1.82) is 0 Å². The number of carbonyl (C=O) groups is 1. The minimum atomic E-state index is -0.359. The lowest BCUT2D eigenvalue weighted by molar-refractivity contribution is -0.159. The average Bonchev–Trinajstić information content (AvgIpc) is 3.01. The van der Waals surface area contributed by atoms with Gasteiger partial charge in [0.05, 0.1) is 5.60 Å². The van der Waals surface area contributed by atoms with Crippen molar-refractivity contribution in [1.82, 2.24) is 4.90 Å². The highest BCUT2D eigenvalue weighted by atomic mass is 16.5. The van der Waals surface area contributed by atoms with E-state index in [0.717, 1.165) is 50.6 Å². The van der Waals surface area contributed by atoms with Crippen LogP contribution in [0.3, 0.4) is 0 Å². The van der Waals surface area contributed by atoms with Gasteiger partial charge in [-0.3, -0.25) is 4.79 Å². The Labute approximate surface area is 129 Å². The molecule has 0 bridgehead atoms. The molecule has 1 amide bonds. The first-order chi connectivity index (χ1) is 9.97. The molecule has 0 spiro atoms. The Bertz CT molecular complexity index is 343. The summed E-state index contributed by atoms with van der Waals surface area (Å²) < 4.78 is 6.21. The van der Waals surface area contributed by atoms with Gasteiger partial charge in [0.15, 0.2) is 0 Å². The fourth-order valence-corrected chi connectivity index (χ4v) is 3.82. The van der Waals surface area contributed by atoms with Crippen molar-refractivity contribution in [3.8, 4) is 0 Å². The highest BCUT2D eigenvalue weighted by molar-refractivity contribution is 5.80. The van der Waals surface area contributed by atoms with Crippen LogP contribution in [0.4, 0.5) is 0 Å². The third-order valence-electron chi connectivity index (χ3n) is 5.45. The van der Waals surface area contributed by atoms with Crippen LogP contribution in [0.5, 0.6) is 0 Å². The van der Waals surface area contributed by atoms with Crippen molar-refractivity contribution < 1.29 is 9.53 Å². The zero-order chi connectivity index (χ0) is 15.5. The van der Waals surface area contributed by atoms with Gasteiger partial charge in [-0.15, -0.1) is 0 Å². The van der Waals surface area contributed by atoms with Crippen LogP contribution in [0, 0.1) is 11.8 Å². The van der Waals surface area contributed by atoms with E-state index in [0.29, 0.717) is 6.54 Å². The van der Waals surface area contributed by atoms with Crippen molar-refractivity contribution in [2.45, 2.75) is 71.0 Å². The second kappa shape index (κ2) is 7.10. The molecule has 2 aliphatic rings. The number of nitrogens with two attached hydrogens (primary N) is 1. The van der Waals surface area contributed by atoms with Crippen LogP contribution in [0.2, 0.25) is 0 Å². The topological polar surface area (TPSA) is 55.6 Å². The number of rotatable bonds is 5. The Kier molecular flexibility index (Phi) is 5.67. The molecule has 1 unspecified atom stereocenters. The van der Waals surface area contributed by atoms with E-state index in [1.807, 2.05) is 11.8 Å². The van der Waals surface area contributed by atoms with Gasteiger partial charge in [-0.05, 0) is 57.3 Å². The lowest BCUT2D eigenvalue weighted by Crippen LogP contribution is -2.49. The number of ether oxygens (including phenoxy) is 1. The molecule has 2 N–H and O–H groups in total. The van der Waals surface area contributed by atoms with Crippen molar-refractivity contribution in [3.05, 3.63) is 0 Å². The van der Waals surface area contributed by atoms with Gasteiger partial charge in [0.1, 0.15) is 6.10 Å². The third kappa shape index (κ3) is 3.98. The minimum Gasteiger partial charge on any atom is -0.361 e. The van der Waals surface area contributed by atoms with Gasteiger partial charge in [-0.25, -0.2) is 0 Å². The molecule has 0 aromatic carbocycles. The van der Waals surface area contributed by atoms with E-state index in [2.05, 4.69) is 13.8 Å². The summed E-state index contributed by atoms with van der Waals surface area (Å²) in [5, 5.41) is 0. The molecule has 1 aliphatic heterocycles. The quantitative estimate of drug-likeness (QED) is 0.848. The van der Waals surface area contributed by atoms with E-state index in [1.165, 1.54) is 12.8 Å². The number of likely N-dealkylation sites (tertiary alicyclic amines) is 1. The summed E-state index contributed by atoms with van der Waals surface area (Å²) in [5.41, 5.74) is 5.73. The van der Waals surface area contributed by atoms with Crippen LogP contribution in [-0.2, 0) is 9.53 Å². The smallest absolute Gasteiger partial charge is 0.251 e. The summed E-state index contributed by atoms with van der Waals surface area (Å²) in [6.45, 7) is 8.78. The summed E-state index contributed by atoms with van der Waals surface area (Å²) in [6.07, 6.45) is 6.20. The van der Waals surface area contributed by atoms with Crippen molar-refractivity contribution >= 4 is 5.91 Å². The van der Waals surface area contributed by atoms with Crippen LogP contribution < -0.4 is 5.73 Å². The molecule has 2 fully saturated rings. The predicted molar refractivity (Wildman–Crippen MR) is 84.9 cm³/mol. The standard InChI is InChI=1S/C17H32N2O2/c1-13(2)15-6-8-17(12-18,9-7-15)21-14(3)16(20)19-10-4-5-11-19/h13-15H,4-12,18H2,1-3H3. The molecule has 122 valence electrons. The first kappa shape index (κ1) is 16.8. The van der Waals surface area contributed by atoms with Gasteiger partial charge >= 0.3 is 0 Å². The summed E-state index contributed by atoms with van der Waals surface area (Å²) in [7, 11) is 0. The number of carbonyl (C=O) groups excluding carboxylic acids is 1. The maximum absolute atomic E-state index is 12.4. The van der Waals surface area contributed by atoms with Crippen molar-refractivity contribution in [2.24, 2.45) is 17.6 Å². The molecule has 0 aromatic rings. The number of hydrogen-bond acceptors (Lipinski definition) is 3. The highest BCUT2D eigenvalue weighted by Gasteiger charge is 2.39. The Morgan fingerprint density at radius 3 is 2.29 bits per heavy atom. The van der Waals surface area contributed by atoms with Gasteiger partial charge in [-0.2, -0.15) is 0 Å². The van der Waals surface area contributed by atoms with Crippen LogP contribution >= 0.6 is 0 Å². The van der Waals surface area contributed by atoms with Gasteiger partial charge in [0.25, 0.3) is 5.91 Å².